The first-order valence-corrected chi connectivity index (χ1v) is 12.4. The van der Waals surface area contributed by atoms with Crippen molar-refractivity contribution in [2.24, 2.45) is 0 Å². The second-order valence-electron chi connectivity index (χ2n) is 8.71. The highest BCUT2D eigenvalue weighted by Crippen LogP contribution is 2.30. The molecule has 1 aliphatic heterocycles. The molecule has 1 amide bonds. The highest BCUT2D eigenvalue weighted by molar-refractivity contribution is 7.17. The van der Waals surface area contributed by atoms with Crippen molar-refractivity contribution in [1.29, 1.82) is 0 Å². The molecule has 34 heavy (non-hydrogen) atoms. The van der Waals surface area contributed by atoms with E-state index in [-0.39, 0.29) is 11.5 Å². The number of benzene rings is 1. The molecule has 1 aliphatic rings. The number of piperazine rings is 1. The van der Waals surface area contributed by atoms with Gasteiger partial charge in [-0.3, -0.25) is 24.0 Å². The van der Waals surface area contributed by atoms with Crippen molar-refractivity contribution in [3.8, 4) is 11.1 Å². The van der Waals surface area contributed by atoms with E-state index in [1.54, 1.807) is 17.1 Å². The molecule has 1 aromatic carbocycles. The van der Waals surface area contributed by atoms with Crippen LogP contribution in [0.4, 0.5) is 0 Å². The van der Waals surface area contributed by atoms with Crippen LogP contribution in [-0.4, -0.2) is 56.4 Å². The predicted molar refractivity (Wildman–Crippen MR) is 135 cm³/mol. The van der Waals surface area contributed by atoms with Crippen LogP contribution in [0.3, 0.4) is 0 Å². The number of rotatable bonds is 6. The molecule has 0 unspecified atom stereocenters. The smallest absolute Gasteiger partial charge is 0.262 e. The molecule has 0 atom stereocenters. The van der Waals surface area contributed by atoms with Gasteiger partial charge < -0.3 is 4.90 Å². The molecule has 1 saturated heterocycles. The summed E-state index contributed by atoms with van der Waals surface area (Å²) in [6.07, 6.45) is 5.52. The van der Waals surface area contributed by atoms with Gasteiger partial charge in [-0.05, 0) is 24.1 Å². The molecule has 4 heterocycles. The van der Waals surface area contributed by atoms with Crippen LogP contribution in [-0.2, 0) is 17.9 Å². The van der Waals surface area contributed by atoms with E-state index in [9.17, 15) is 9.59 Å². The number of fused-ring (bicyclic) bond motifs is 1. The van der Waals surface area contributed by atoms with Gasteiger partial charge in [-0.25, -0.2) is 4.98 Å². The summed E-state index contributed by atoms with van der Waals surface area (Å²) in [6.45, 7) is 6.30. The minimum absolute atomic E-state index is 0.0806. The second kappa shape index (κ2) is 9.87. The maximum absolute atomic E-state index is 13.2. The standard InChI is InChI=1S/C26H27N5O2S/c1-19-4-6-21(7-5-19)22-17-34-25-24(22)26(33)31(18-28-25)10-8-23(32)30-13-11-29(12-14-30)16-20-3-2-9-27-15-20/h2-7,9,15,17-18H,8,10-14,16H2,1H3. The number of hydrogen-bond donors (Lipinski definition) is 0. The summed E-state index contributed by atoms with van der Waals surface area (Å²) in [7, 11) is 0. The Hall–Kier alpha value is -3.36. The number of aryl methyl sites for hydroxylation is 2. The van der Waals surface area contributed by atoms with E-state index in [2.05, 4.69) is 20.9 Å². The average molecular weight is 474 g/mol. The van der Waals surface area contributed by atoms with Crippen LogP contribution in [0.5, 0.6) is 0 Å². The summed E-state index contributed by atoms with van der Waals surface area (Å²) in [6, 6.07) is 12.2. The number of nitrogens with zero attached hydrogens (tertiary/aromatic N) is 5. The molecule has 0 bridgehead atoms. The minimum atomic E-state index is -0.0871. The van der Waals surface area contributed by atoms with Crippen molar-refractivity contribution in [1.82, 2.24) is 24.3 Å². The van der Waals surface area contributed by atoms with Gasteiger partial charge in [0, 0.05) is 69.0 Å². The Kier molecular flexibility index (Phi) is 6.51. The van der Waals surface area contributed by atoms with Crippen molar-refractivity contribution in [2.75, 3.05) is 26.2 Å². The third-order valence-electron chi connectivity index (χ3n) is 6.34. The van der Waals surface area contributed by atoms with E-state index < -0.39 is 0 Å². The number of hydrogen-bond acceptors (Lipinski definition) is 6. The Labute approximate surface area is 202 Å². The monoisotopic (exact) mass is 473 g/mol. The van der Waals surface area contributed by atoms with Gasteiger partial charge in [-0.2, -0.15) is 0 Å². The second-order valence-corrected chi connectivity index (χ2v) is 9.56. The molecule has 0 spiro atoms. The normalized spacial score (nSPS) is 14.6. The molecule has 8 heteroatoms. The average Bonchev–Trinajstić information content (AvgIpc) is 3.30. The maximum Gasteiger partial charge on any atom is 0.262 e. The van der Waals surface area contributed by atoms with Gasteiger partial charge in [0.05, 0.1) is 11.7 Å². The summed E-state index contributed by atoms with van der Waals surface area (Å²) >= 11 is 1.48. The van der Waals surface area contributed by atoms with Crippen LogP contribution in [0.25, 0.3) is 21.3 Å². The largest absolute Gasteiger partial charge is 0.340 e. The Bertz CT molecular complexity index is 1340. The molecule has 0 N–H and O–H groups in total. The minimum Gasteiger partial charge on any atom is -0.340 e. The molecule has 5 rings (SSSR count). The lowest BCUT2D eigenvalue weighted by atomic mass is 10.1. The van der Waals surface area contributed by atoms with E-state index in [4.69, 9.17) is 0 Å². The van der Waals surface area contributed by atoms with Gasteiger partial charge in [-0.15, -0.1) is 11.3 Å². The first-order chi connectivity index (χ1) is 16.6. The fourth-order valence-corrected chi connectivity index (χ4v) is 5.26. The SMILES string of the molecule is Cc1ccc(-c2csc3ncn(CCC(=O)N4CCN(Cc5cccnc5)CC4)c(=O)c23)cc1. The highest BCUT2D eigenvalue weighted by Gasteiger charge is 2.21. The van der Waals surface area contributed by atoms with Gasteiger partial charge in [0.2, 0.25) is 5.91 Å². The first-order valence-electron chi connectivity index (χ1n) is 11.5. The molecule has 4 aromatic rings. The summed E-state index contributed by atoms with van der Waals surface area (Å²) in [5.74, 6) is 0.0806. The molecular weight excluding hydrogens is 446 g/mol. The number of amides is 1. The van der Waals surface area contributed by atoms with Crippen molar-refractivity contribution in [2.45, 2.75) is 26.4 Å². The van der Waals surface area contributed by atoms with E-state index in [0.717, 1.165) is 35.6 Å². The molecule has 3 aromatic heterocycles. The van der Waals surface area contributed by atoms with Crippen molar-refractivity contribution in [3.05, 3.63) is 82.0 Å². The summed E-state index contributed by atoms with van der Waals surface area (Å²) in [5, 5.41) is 2.62. The Morgan fingerprint density at radius 1 is 1.09 bits per heavy atom. The van der Waals surface area contributed by atoms with E-state index in [1.165, 1.54) is 22.5 Å². The van der Waals surface area contributed by atoms with Crippen LogP contribution in [0.15, 0.2) is 65.3 Å². The topological polar surface area (TPSA) is 71.3 Å². The predicted octanol–water partition coefficient (Wildman–Crippen LogP) is 3.56. The zero-order chi connectivity index (χ0) is 23.5. The summed E-state index contributed by atoms with van der Waals surface area (Å²) < 4.78 is 1.57. The molecular formula is C26H27N5O2S. The quantitative estimate of drug-likeness (QED) is 0.428. The summed E-state index contributed by atoms with van der Waals surface area (Å²) in [5.41, 5.74) is 4.19. The molecule has 174 valence electrons. The lowest BCUT2D eigenvalue weighted by Crippen LogP contribution is -2.48. The zero-order valence-electron chi connectivity index (χ0n) is 19.2. The number of thiophene rings is 1. The molecule has 7 nitrogen and oxygen atoms in total. The Morgan fingerprint density at radius 3 is 2.62 bits per heavy atom. The van der Waals surface area contributed by atoms with Crippen LogP contribution < -0.4 is 5.56 Å². The Morgan fingerprint density at radius 2 is 1.88 bits per heavy atom. The van der Waals surface area contributed by atoms with Gasteiger partial charge in [0.25, 0.3) is 5.56 Å². The van der Waals surface area contributed by atoms with E-state index >= 15 is 0 Å². The van der Waals surface area contributed by atoms with Gasteiger partial charge in [0.15, 0.2) is 0 Å². The fourth-order valence-electron chi connectivity index (χ4n) is 4.35. The number of carbonyl (C=O) groups excluding carboxylic acids is 1. The number of pyridine rings is 1. The molecule has 1 fully saturated rings. The van der Waals surface area contributed by atoms with Gasteiger partial charge in [0.1, 0.15) is 4.83 Å². The summed E-state index contributed by atoms with van der Waals surface area (Å²) in [4.78, 5) is 39.7. The van der Waals surface area contributed by atoms with Crippen molar-refractivity contribution in [3.63, 3.8) is 0 Å². The fraction of sp³-hybridized carbons (Fsp3) is 0.308. The van der Waals surface area contributed by atoms with E-state index in [0.29, 0.717) is 31.4 Å². The lowest BCUT2D eigenvalue weighted by Gasteiger charge is -2.34. The van der Waals surface area contributed by atoms with E-state index in [1.807, 2.05) is 53.7 Å². The van der Waals surface area contributed by atoms with Crippen LogP contribution in [0, 0.1) is 6.92 Å². The first kappa shape index (κ1) is 22.4. The van der Waals surface area contributed by atoms with Crippen LogP contribution >= 0.6 is 11.3 Å². The maximum atomic E-state index is 13.2. The number of carbonyl (C=O) groups is 1. The van der Waals surface area contributed by atoms with Gasteiger partial charge in [-0.1, -0.05) is 35.9 Å². The van der Waals surface area contributed by atoms with Crippen molar-refractivity contribution >= 4 is 27.5 Å². The third-order valence-corrected chi connectivity index (χ3v) is 7.23. The molecule has 0 radical (unpaired) electrons. The molecule has 0 saturated carbocycles. The van der Waals surface area contributed by atoms with Gasteiger partial charge >= 0.3 is 0 Å². The Balaban J connectivity index is 1.22. The van der Waals surface area contributed by atoms with Crippen molar-refractivity contribution < 1.29 is 4.79 Å². The zero-order valence-corrected chi connectivity index (χ0v) is 20.0. The number of aromatic nitrogens is 3. The van der Waals surface area contributed by atoms with Crippen LogP contribution in [0.2, 0.25) is 0 Å². The molecule has 0 aliphatic carbocycles. The highest BCUT2D eigenvalue weighted by atomic mass is 32.1. The lowest BCUT2D eigenvalue weighted by molar-refractivity contribution is -0.133. The third kappa shape index (κ3) is 4.78. The van der Waals surface area contributed by atoms with Crippen LogP contribution in [0.1, 0.15) is 17.5 Å².